The normalized spacial score (nSPS) is 10.9. The lowest BCUT2D eigenvalue weighted by molar-refractivity contribution is 1.32. The van der Waals surface area contributed by atoms with Crippen LogP contribution < -0.4 is 0 Å². The van der Waals surface area contributed by atoms with Crippen LogP contribution in [0.5, 0.6) is 0 Å². The molecule has 2 aromatic carbocycles. The molecule has 6 aromatic rings. The fourth-order valence-corrected chi connectivity index (χ4v) is 4.33. The minimum Gasteiger partial charge on any atom is -0.264 e. The van der Waals surface area contributed by atoms with Crippen molar-refractivity contribution in [2.75, 3.05) is 0 Å². The van der Waals surface area contributed by atoms with Crippen LogP contribution in [0.3, 0.4) is 0 Å². The quantitative estimate of drug-likeness (QED) is 0.296. The maximum Gasteiger partial charge on any atom is 0.0708 e. The third-order valence-electron chi connectivity index (χ3n) is 5.94. The number of benzene rings is 2. The van der Waals surface area contributed by atoms with Crippen molar-refractivity contribution >= 4 is 10.8 Å². The first-order chi connectivity index (χ1) is 16.9. The Bertz CT molecular complexity index is 1440. The Morgan fingerprint density at radius 2 is 0.912 bits per heavy atom. The Labute approximate surface area is 197 Å². The number of pyridine rings is 4. The molecule has 0 spiro atoms. The second kappa shape index (κ2) is 8.68. The van der Waals surface area contributed by atoms with Crippen LogP contribution in [0.1, 0.15) is 0 Å². The van der Waals surface area contributed by atoms with E-state index in [0.717, 1.165) is 55.5 Å². The molecule has 0 aliphatic heterocycles. The molecule has 0 atom stereocenters. The molecule has 0 bridgehead atoms. The monoisotopic (exact) mass is 436 g/mol. The van der Waals surface area contributed by atoms with Crippen LogP contribution in [0.2, 0.25) is 0 Å². The van der Waals surface area contributed by atoms with Crippen molar-refractivity contribution in [3.8, 4) is 44.8 Å². The Morgan fingerprint density at radius 3 is 1.29 bits per heavy atom. The molecule has 4 heterocycles. The van der Waals surface area contributed by atoms with Gasteiger partial charge in [0.2, 0.25) is 0 Å². The molecule has 0 aliphatic carbocycles. The second-order valence-electron chi connectivity index (χ2n) is 8.06. The van der Waals surface area contributed by atoms with Gasteiger partial charge in [0.15, 0.2) is 0 Å². The number of nitrogens with zero attached hydrogens (tertiary/aromatic N) is 4. The number of hydrogen-bond acceptors (Lipinski definition) is 4. The predicted molar refractivity (Wildman–Crippen MR) is 137 cm³/mol. The fourth-order valence-electron chi connectivity index (χ4n) is 4.33. The molecular weight excluding hydrogens is 416 g/mol. The molecule has 0 radical (unpaired) electrons. The first-order valence-corrected chi connectivity index (χ1v) is 11.1. The van der Waals surface area contributed by atoms with Gasteiger partial charge in [0.05, 0.1) is 11.4 Å². The summed E-state index contributed by atoms with van der Waals surface area (Å²) in [6.07, 6.45) is 11.1. The van der Waals surface area contributed by atoms with Crippen LogP contribution in [0, 0.1) is 0 Å². The smallest absolute Gasteiger partial charge is 0.0708 e. The van der Waals surface area contributed by atoms with Gasteiger partial charge >= 0.3 is 0 Å². The zero-order valence-corrected chi connectivity index (χ0v) is 18.3. The van der Waals surface area contributed by atoms with Gasteiger partial charge in [-0.2, -0.15) is 0 Å². The first-order valence-electron chi connectivity index (χ1n) is 11.1. The predicted octanol–water partition coefficient (Wildman–Crippen LogP) is 7.09. The van der Waals surface area contributed by atoms with E-state index in [-0.39, 0.29) is 0 Å². The van der Waals surface area contributed by atoms with Gasteiger partial charge in [-0.1, -0.05) is 24.3 Å². The van der Waals surface area contributed by atoms with E-state index in [9.17, 15) is 0 Å². The molecule has 0 saturated heterocycles. The Hall–Kier alpha value is -4.70. The van der Waals surface area contributed by atoms with Crippen LogP contribution >= 0.6 is 0 Å². The molecule has 0 saturated carbocycles. The van der Waals surface area contributed by atoms with E-state index in [0.29, 0.717) is 0 Å². The molecule has 0 fully saturated rings. The molecule has 0 aliphatic rings. The van der Waals surface area contributed by atoms with Gasteiger partial charge in [-0.15, -0.1) is 0 Å². The van der Waals surface area contributed by atoms with Gasteiger partial charge in [-0.3, -0.25) is 19.9 Å². The number of rotatable bonds is 4. The topological polar surface area (TPSA) is 51.6 Å². The lowest BCUT2D eigenvalue weighted by Gasteiger charge is -2.16. The standard InChI is InChI=1S/C30H20N4/c1-3-13-33-29(9-1)27-17-23(21-7-5-11-31-19-21)16-26-25(27)15-24(22-8-6-12-32-20-22)18-28(26)30-10-2-4-14-34-30/h1-20H. The van der Waals surface area contributed by atoms with Gasteiger partial charge in [0.1, 0.15) is 0 Å². The number of hydrogen-bond donors (Lipinski definition) is 0. The molecular formula is C30H20N4. The van der Waals surface area contributed by atoms with Crippen molar-refractivity contribution in [3.63, 3.8) is 0 Å². The van der Waals surface area contributed by atoms with Gasteiger partial charge in [0, 0.05) is 59.4 Å². The average molecular weight is 437 g/mol. The van der Waals surface area contributed by atoms with Crippen LogP contribution in [-0.2, 0) is 0 Å². The highest BCUT2D eigenvalue weighted by Gasteiger charge is 2.16. The summed E-state index contributed by atoms with van der Waals surface area (Å²) in [5.41, 5.74) is 8.29. The summed E-state index contributed by atoms with van der Waals surface area (Å²) in [6.45, 7) is 0. The maximum atomic E-state index is 4.70. The highest BCUT2D eigenvalue weighted by Crippen LogP contribution is 2.40. The van der Waals surface area contributed by atoms with Crippen LogP contribution in [0.25, 0.3) is 55.5 Å². The highest BCUT2D eigenvalue weighted by atomic mass is 14.7. The summed E-state index contributed by atoms with van der Waals surface area (Å²) >= 11 is 0. The molecule has 0 N–H and O–H groups in total. The van der Waals surface area contributed by atoms with Crippen LogP contribution in [0.4, 0.5) is 0 Å². The maximum absolute atomic E-state index is 4.70. The molecule has 160 valence electrons. The van der Waals surface area contributed by atoms with Gasteiger partial charge in [-0.05, 0) is 82.6 Å². The van der Waals surface area contributed by atoms with Crippen molar-refractivity contribution in [2.24, 2.45) is 0 Å². The van der Waals surface area contributed by atoms with Crippen LogP contribution in [-0.4, -0.2) is 19.9 Å². The van der Waals surface area contributed by atoms with Crippen molar-refractivity contribution in [2.45, 2.75) is 0 Å². The summed E-state index contributed by atoms with van der Waals surface area (Å²) in [5, 5.41) is 2.24. The summed E-state index contributed by atoms with van der Waals surface area (Å²) in [6, 6.07) is 29.0. The van der Waals surface area contributed by atoms with Crippen molar-refractivity contribution < 1.29 is 0 Å². The number of aromatic nitrogens is 4. The minimum atomic E-state index is 0.925. The SMILES string of the molecule is c1ccc(-c2cc(-c3cccnc3)cc3c(-c4ccccn4)cc(-c4cccnc4)cc23)nc1. The lowest BCUT2D eigenvalue weighted by Crippen LogP contribution is -1.93. The molecule has 4 aromatic heterocycles. The first kappa shape index (κ1) is 19.9. The largest absolute Gasteiger partial charge is 0.264 e. The van der Waals surface area contributed by atoms with E-state index in [1.54, 1.807) is 12.4 Å². The number of fused-ring (bicyclic) bond motifs is 1. The zero-order chi connectivity index (χ0) is 22.7. The van der Waals surface area contributed by atoms with E-state index in [1.807, 2.05) is 61.2 Å². The summed E-state index contributed by atoms with van der Waals surface area (Å²) in [7, 11) is 0. The van der Waals surface area contributed by atoms with Gasteiger partial charge < -0.3 is 0 Å². The molecule has 0 amide bonds. The van der Waals surface area contributed by atoms with Crippen LogP contribution in [0.15, 0.2) is 122 Å². The molecule has 6 rings (SSSR count). The van der Waals surface area contributed by atoms with E-state index in [4.69, 9.17) is 9.97 Å². The fraction of sp³-hybridized carbons (Fsp3) is 0. The highest BCUT2D eigenvalue weighted by molar-refractivity contribution is 6.08. The third-order valence-corrected chi connectivity index (χ3v) is 5.94. The molecule has 0 unspecified atom stereocenters. The molecule has 34 heavy (non-hydrogen) atoms. The van der Waals surface area contributed by atoms with E-state index >= 15 is 0 Å². The third kappa shape index (κ3) is 3.71. The lowest BCUT2D eigenvalue weighted by atomic mass is 9.89. The van der Waals surface area contributed by atoms with Crippen molar-refractivity contribution in [1.82, 2.24) is 19.9 Å². The molecule has 4 nitrogen and oxygen atoms in total. The van der Waals surface area contributed by atoms with E-state index in [2.05, 4.69) is 58.5 Å². The second-order valence-corrected chi connectivity index (χ2v) is 8.06. The van der Waals surface area contributed by atoms with Crippen molar-refractivity contribution in [1.29, 1.82) is 0 Å². The van der Waals surface area contributed by atoms with Crippen molar-refractivity contribution in [3.05, 3.63) is 122 Å². The Morgan fingerprint density at radius 1 is 0.412 bits per heavy atom. The van der Waals surface area contributed by atoms with E-state index < -0.39 is 0 Å². The Kier molecular flexibility index (Phi) is 5.09. The Balaban J connectivity index is 1.73. The summed E-state index contributed by atoms with van der Waals surface area (Å²) in [4.78, 5) is 18.1. The van der Waals surface area contributed by atoms with Gasteiger partial charge in [0.25, 0.3) is 0 Å². The average Bonchev–Trinajstić information content (AvgIpc) is 2.94. The molecule has 4 heteroatoms. The summed E-state index contributed by atoms with van der Waals surface area (Å²) < 4.78 is 0. The zero-order valence-electron chi connectivity index (χ0n) is 18.3. The van der Waals surface area contributed by atoms with Gasteiger partial charge in [-0.25, -0.2) is 0 Å². The van der Waals surface area contributed by atoms with E-state index in [1.165, 1.54) is 0 Å². The minimum absolute atomic E-state index is 0.925. The summed E-state index contributed by atoms with van der Waals surface area (Å²) in [5.74, 6) is 0.